The van der Waals surface area contributed by atoms with Gasteiger partial charge in [-0.3, -0.25) is 9.59 Å². The SMILES string of the molecule is CC(C)[C@H](NC(=O)c1ccc(Cl)cc1Cl)C(=O)N1CCOCC1. The molecule has 1 aromatic rings. The van der Waals surface area contributed by atoms with Crippen molar-refractivity contribution in [1.82, 2.24) is 10.2 Å². The van der Waals surface area contributed by atoms with Gasteiger partial charge in [0.05, 0.1) is 23.8 Å². The van der Waals surface area contributed by atoms with Crippen LogP contribution in [0, 0.1) is 5.92 Å². The van der Waals surface area contributed by atoms with Gasteiger partial charge in [-0.1, -0.05) is 37.0 Å². The van der Waals surface area contributed by atoms with E-state index in [9.17, 15) is 9.59 Å². The number of amides is 2. The summed E-state index contributed by atoms with van der Waals surface area (Å²) >= 11 is 11.9. The number of nitrogens with one attached hydrogen (secondary N) is 1. The summed E-state index contributed by atoms with van der Waals surface area (Å²) in [5, 5.41) is 3.51. The van der Waals surface area contributed by atoms with E-state index in [4.69, 9.17) is 27.9 Å². The van der Waals surface area contributed by atoms with Crippen LogP contribution >= 0.6 is 23.2 Å². The van der Waals surface area contributed by atoms with Crippen molar-refractivity contribution in [2.24, 2.45) is 5.92 Å². The van der Waals surface area contributed by atoms with Crippen LogP contribution in [0.5, 0.6) is 0 Å². The lowest BCUT2D eigenvalue weighted by molar-refractivity contribution is -0.138. The summed E-state index contributed by atoms with van der Waals surface area (Å²) in [7, 11) is 0. The molecule has 2 amide bonds. The summed E-state index contributed by atoms with van der Waals surface area (Å²) in [6, 6.07) is 4.05. The molecule has 1 aromatic carbocycles. The van der Waals surface area contributed by atoms with Crippen LogP contribution < -0.4 is 5.32 Å². The molecule has 1 aliphatic heterocycles. The van der Waals surface area contributed by atoms with Crippen LogP contribution in [0.15, 0.2) is 18.2 Å². The quantitative estimate of drug-likeness (QED) is 0.899. The summed E-state index contributed by atoms with van der Waals surface area (Å²) < 4.78 is 5.26. The molecule has 1 saturated heterocycles. The van der Waals surface area contributed by atoms with E-state index in [2.05, 4.69) is 5.32 Å². The number of hydrogen-bond acceptors (Lipinski definition) is 3. The number of rotatable bonds is 4. The molecule has 7 heteroatoms. The Labute approximate surface area is 145 Å². The highest BCUT2D eigenvalue weighted by molar-refractivity contribution is 6.36. The number of carbonyl (C=O) groups excluding carboxylic acids is 2. The first-order chi connectivity index (χ1) is 10.9. The Hall–Kier alpha value is -1.30. The van der Waals surface area contributed by atoms with Crippen molar-refractivity contribution in [3.05, 3.63) is 33.8 Å². The van der Waals surface area contributed by atoms with Crippen molar-refractivity contribution in [3.8, 4) is 0 Å². The first kappa shape index (κ1) is 18.0. The van der Waals surface area contributed by atoms with Crippen LogP contribution in [0.3, 0.4) is 0 Å². The van der Waals surface area contributed by atoms with E-state index in [0.717, 1.165) is 0 Å². The second-order valence-corrected chi connectivity index (χ2v) is 6.60. The number of halogens is 2. The second-order valence-electron chi connectivity index (χ2n) is 5.76. The number of benzene rings is 1. The maximum atomic E-state index is 12.6. The fraction of sp³-hybridized carbons (Fsp3) is 0.500. The number of nitrogens with zero attached hydrogens (tertiary/aromatic N) is 1. The van der Waals surface area contributed by atoms with Crippen LogP contribution in [0.2, 0.25) is 10.0 Å². The lowest BCUT2D eigenvalue weighted by atomic mass is 10.0. The molecule has 0 saturated carbocycles. The summed E-state index contributed by atoms with van der Waals surface area (Å²) in [4.78, 5) is 26.8. The molecule has 0 radical (unpaired) electrons. The van der Waals surface area contributed by atoms with Crippen LogP contribution in [0.1, 0.15) is 24.2 Å². The highest BCUT2D eigenvalue weighted by Gasteiger charge is 2.30. The first-order valence-electron chi connectivity index (χ1n) is 7.52. The third-order valence-corrected chi connectivity index (χ3v) is 4.27. The Balaban J connectivity index is 2.12. The summed E-state index contributed by atoms with van der Waals surface area (Å²) in [5.74, 6) is -0.519. The van der Waals surface area contributed by atoms with Gasteiger partial charge >= 0.3 is 0 Å². The smallest absolute Gasteiger partial charge is 0.253 e. The Bertz CT molecular complexity index is 587. The van der Waals surface area contributed by atoms with Crippen molar-refractivity contribution < 1.29 is 14.3 Å². The van der Waals surface area contributed by atoms with Gasteiger partial charge in [-0.05, 0) is 24.1 Å². The van der Waals surface area contributed by atoms with E-state index < -0.39 is 6.04 Å². The van der Waals surface area contributed by atoms with Crippen molar-refractivity contribution in [1.29, 1.82) is 0 Å². The Morgan fingerprint density at radius 3 is 2.43 bits per heavy atom. The van der Waals surface area contributed by atoms with Gasteiger partial charge in [-0.25, -0.2) is 0 Å². The second kappa shape index (κ2) is 7.99. The zero-order valence-corrected chi connectivity index (χ0v) is 14.7. The first-order valence-corrected chi connectivity index (χ1v) is 8.28. The predicted molar refractivity (Wildman–Crippen MR) is 90.0 cm³/mol. The molecule has 1 heterocycles. The Morgan fingerprint density at radius 1 is 1.22 bits per heavy atom. The minimum atomic E-state index is -0.604. The van der Waals surface area contributed by atoms with Crippen LogP contribution in [-0.2, 0) is 9.53 Å². The minimum absolute atomic E-state index is 0.0413. The van der Waals surface area contributed by atoms with Gasteiger partial charge in [0.2, 0.25) is 5.91 Å². The van der Waals surface area contributed by atoms with E-state index >= 15 is 0 Å². The molecule has 1 atom stereocenters. The monoisotopic (exact) mass is 358 g/mol. The Morgan fingerprint density at radius 2 is 1.87 bits per heavy atom. The van der Waals surface area contributed by atoms with E-state index in [0.29, 0.717) is 36.9 Å². The molecule has 2 rings (SSSR count). The topological polar surface area (TPSA) is 58.6 Å². The van der Waals surface area contributed by atoms with Crippen molar-refractivity contribution in [3.63, 3.8) is 0 Å². The van der Waals surface area contributed by atoms with E-state index in [1.54, 1.807) is 17.0 Å². The van der Waals surface area contributed by atoms with Gasteiger partial charge in [0.15, 0.2) is 0 Å². The summed E-state index contributed by atoms with van der Waals surface area (Å²) in [6.45, 7) is 5.92. The third kappa shape index (κ3) is 4.59. The summed E-state index contributed by atoms with van der Waals surface area (Å²) in [6.07, 6.45) is 0. The molecule has 0 bridgehead atoms. The molecule has 23 heavy (non-hydrogen) atoms. The molecule has 0 aromatic heterocycles. The third-order valence-electron chi connectivity index (χ3n) is 3.72. The van der Waals surface area contributed by atoms with Gasteiger partial charge in [0.25, 0.3) is 5.91 Å². The molecular formula is C16H20Cl2N2O3. The van der Waals surface area contributed by atoms with Gasteiger partial charge in [0, 0.05) is 18.1 Å². The highest BCUT2D eigenvalue weighted by atomic mass is 35.5. The zero-order valence-electron chi connectivity index (χ0n) is 13.1. The molecule has 1 fully saturated rings. The Kier molecular flexibility index (Phi) is 6.27. The average molecular weight is 359 g/mol. The standard InChI is InChI=1S/C16H20Cl2N2O3/c1-10(2)14(16(22)20-5-7-23-8-6-20)19-15(21)12-4-3-11(17)9-13(12)18/h3-4,9-10,14H,5-8H2,1-2H3,(H,19,21)/t14-/m0/s1. The lowest BCUT2D eigenvalue weighted by Crippen LogP contribution is -2.53. The normalized spacial score (nSPS) is 16.3. The highest BCUT2D eigenvalue weighted by Crippen LogP contribution is 2.21. The maximum absolute atomic E-state index is 12.6. The number of ether oxygens (including phenoxy) is 1. The number of hydrogen-bond donors (Lipinski definition) is 1. The van der Waals surface area contributed by atoms with Crippen LogP contribution in [-0.4, -0.2) is 49.1 Å². The van der Waals surface area contributed by atoms with Crippen LogP contribution in [0.25, 0.3) is 0 Å². The number of carbonyl (C=O) groups is 2. The molecular weight excluding hydrogens is 339 g/mol. The van der Waals surface area contributed by atoms with Crippen LogP contribution in [0.4, 0.5) is 0 Å². The fourth-order valence-corrected chi connectivity index (χ4v) is 2.88. The number of morpholine rings is 1. The van der Waals surface area contributed by atoms with Crippen molar-refractivity contribution >= 4 is 35.0 Å². The van der Waals surface area contributed by atoms with Gasteiger partial charge in [0.1, 0.15) is 6.04 Å². The van der Waals surface area contributed by atoms with Gasteiger partial charge < -0.3 is 15.0 Å². The van der Waals surface area contributed by atoms with Crippen molar-refractivity contribution in [2.75, 3.05) is 26.3 Å². The molecule has 1 aliphatic rings. The fourth-order valence-electron chi connectivity index (χ4n) is 2.39. The van der Waals surface area contributed by atoms with Gasteiger partial charge in [-0.2, -0.15) is 0 Å². The van der Waals surface area contributed by atoms with E-state index in [-0.39, 0.29) is 22.8 Å². The molecule has 1 N–H and O–H groups in total. The van der Waals surface area contributed by atoms with E-state index in [1.165, 1.54) is 6.07 Å². The maximum Gasteiger partial charge on any atom is 0.253 e. The lowest BCUT2D eigenvalue weighted by Gasteiger charge is -2.32. The molecule has 0 unspecified atom stereocenters. The van der Waals surface area contributed by atoms with Crippen molar-refractivity contribution in [2.45, 2.75) is 19.9 Å². The summed E-state index contributed by atoms with van der Waals surface area (Å²) in [5.41, 5.74) is 0.302. The molecule has 5 nitrogen and oxygen atoms in total. The molecule has 0 aliphatic carbocycles. The average Bonchev–Trinajstić information content (AvgIpc) is 2.52. The zero-order chi connectivity index (χ0) is 17.0. The van der Waals surface area contributed by atoms with Gasteiger partial charge in [-0.15, -0.1) is 0 Å². The predicted octanol–water partition coefficient (Wildman–Crippen LogP) is 2.61. The molecule has 0 spiro atoms. The molecule has 126 valence electrons. The largest absolute Gasteiger partial charge is 0.378 e. The van der Waals surface area contributed by atoms with E-state index in [1.807, 2.05) is 13.8 Å². The minimum Gasteiger partial charge on any atom is -0.378 e.